The number of fused-ring (bicyclic) bond motifs is 1. The normalized spacial score (nSPS) is 24.0. The number of ether oxygens (including phenoxy) is 2. The van der Waals surface area contributed by atoms with E-state index < -0.39 is 0 Å². The summed E-state index contributed by atoms with van der Waals surface area (Å²) in [5.74, 6) is 1.45. The molecule has 0 aliphatic carbocycles. The largest absolute Gasteiger partial charge is 0.486 e. The topological polar surface area (TPSA) is 71.0 Å². The third kappa shape index (κ3) is 3.27. The number of likely N-dealkylation sites (tertiary alicyclic amines) is 1. The number of rotatable bonds is 3. The Labute approximate surface area is 130 Å². The average Bonchev–Trinajstić information content (AvgIpc) is 2.59. The van der Waals surface area contributed by atoms with Crippen molar-refractivity contribution in [2.24, 2.45) is 0 Å². The molecule has 6 heteroatoms. The smallest absolute Gasteiger partial charge is 0.317 e. The summed E-state index contributed by atoms with van der Waals surface area (Å²) in [5.41, 5.74) is 0. The molecule has 2 atom stereocenters. The van der Waals surface area contributed by atoms with Gasteiger partial charge in [-0.1, -0.05) is 12.1 Å². The summed E-state index contributed by atoms with van der Waals surface area (Å²) in [6.07, 6.45) is 2.71. The van der Waals surface area contributed by atoms with Crippen LogP contribution in [0.3, 0.4) is 0 Å². The predicted molar refractivity (Wildman–Crippen MR) is 81.2 cm³/mol. The van der Waals surface area contributed by atoms with Crippen LogP contribution in [0.5, 0.6) is 11.5 Å². The molecule has 6 nitrogen and oxygen atoms in total. The zero-order valence-corrected chi connectivity index (χ0v) is 12.5. The molecule has 2 amide bonds. The van der Waals surface area contributed by atoms with E-state index in [2.05, 4.69) is 5.32 Å². The SMILES string of the molecule is O=C(NCC1COc2ccccc2O1)N1CCCCC1CO. The summed E-state index contributed by atoms with van der Waals surface area (Å²) in [6, 6.07) is 7.30. The molecule has 0 bridgehead atoms. The van der Waals surface area contributed by atoms with Crippen molar-refractivity contribution in [1.82, 2.24) is 10.2 Å². The highest BCUT2D eigenvalue weighted by atomic mass is 16.6. The maximum atomic E-state index is 12.3. The van der Waals surface area contributed by atoms with Gasteiger partial charge >= 0.3 is 6.03 Å². The lowest BCUT2D eigenvalue weighted by Crippen LogP contribution is -2.52. The van der Waals surface area contributed by atoms with Crippen LogP contribution in [0.2, 0.25) is 0 Å². The van der Waals surface area contributed by atoms with Gasteiger partial charge in [-0.2, -0.15) is 0 Å². The van der Waals surface area contributed by atoms with Gasteiger partial charge in [0.1, 0.15) is 6.61 Å². The van der Waals surface area contributed by atoms with Gasteiger partial charge in [0.05, 0.1) is 19.2 Å². The Hall–Kier alpha value is -1.95. The maximum Gasteiger partial charge on any atom is 0.317 e. The summed E-state index contributed by atoms with van der Waals surface area (Å²) in [5, 5.41) is 12.3. The van der Waals surface area contributed by atoms with E-state index >= 15 is 0 Å². The Morgan fingerprint density at radius 3 is 2.95 bits per heavy atom. The first kappa shape index (κ1) is 15.0. The number of piperidine rings is 1. The Kier molecular flexibility index (Phi) is 4.68. The van der Waals surface area contributed by atoms with Crippen molar-refractivity contribution in [1.29, 1.82) is 0 Å². The van der Waals surface area contributed by atoms with E-state index in [-0.39, 0.29) is 24.8 Å². The van der Waals surface area contributed by atoms with Gasteiger partial charge in [0.2, 0.25) is 0 Å². The van der Waals surface area contributed by atoms with Crippen molar-refractivity contribution in [2.45, 2.75) is 31.4 Å². The number of para-hydroxylation sites is 2. The van der Waals surface area contributed by atoms with Crippen LogP contribution in [0, 0.1) is 0 Å². The summed E-state index contributed by atoms with van der Waals surface area (Å²) < 4.78 is 11.4. The van der Waals surface area contributed by atoms with E-state index in [0.717, 1.165) is 25.0 Å². The van der Waals surface area contributed by atoms with Crippen molar-refractivity contribution in [3.8, 4) is 11.5 Å². The zero-order chi connectivity index (χ0) is 15.4. The number of hydrogen-bond donors (Lipinski definition) is 2. The Morgan fingerprint density at radius 1 is 1.32 bits per heavy atom. The third-order valence-electron chi connectivity index (χ3n) is 4.15. The van der Waals surface area contributed by atoms with Gasteiger partial charge in [0, 0.05) is 6.54 Å². The van der Waals surface area contributed by atoms with E-state index in [1.165, 1.54) is 0 Å². The highest BCUT2D eigenvalue weighted by Crippen LogP contribution is 2.30. The van der Waals surface area contributed by atoms with E-state index in [1.54, 1.807) is 4.90 Å². The van der Waals surface area contributed by atoms with Crippen LogP contribution in [0.15, 0.2) is 24.3 Å². The molecule has 1 fully saturated rings. The highest BCUT2D eigenvalue weighted by molar-refractivity contribution is 5.74. The average molecular weight is 306 g/mol. The van der Waals surface area contributed by atoms with Gasteiger partial charge in [-0.05, 0) is 31.4 Å². The van der Waals surface area contributed by atoms with Crippen LogP contribution in [0.25, 0.3) is 0 Å². The summed E-state index contributed by atoms with van der Waals surface area (Å²) >= 11 is 0. The molecule has 3 rings (SSSR count). The van der Waals surface area contributed by atoms with Crippen LogP contribution in [0.1, 0.15) is 19.3 Å². The van der Waals surface area contributed by atoms with Gasteiger partial charge in [-0.3, -0.25) is 0 Å². The fraction of sp³-hybridized carbons (Fsp3) is 0.562. The number of hydrogen-bond acceptors (Lipinski definition) is 4. The molecule has 1 aromatic carbocycles. The monoisotopic (exact) mass is 306 g/mol. The summed E-state index contributed by atoms with van der Waals surface area (Å²) in [4.78, 5) is 14.0. The van der Waals surface area contributed by atoms with Gasteiger partial charge in [0.15, 0.2) is 17.6 Å². The Bertz CT molecular complexity index is 523. The van der Waals surface area contributed by atoms with Gasteiger partial charge in [0.25, 0.3) is 0 Å². The number of carbonyl (C=O) groups is 1. The first-order chi connectivity index (χ1) is 10.8. The van der Waals surface area contributed by atoms with Crippen molar-refractivity contribution < 1.29 is 19.4 Å². The Balaban J connectivity index is 1.51. The minimum Gasteiger partial charge on any atom is -0.486 e. The number of benzene rings is 1. The lowest BCUT2D eigenvalue weighted by molar-refractivity contribution is 0.0828. The second-order valence-electron chi connectivity index (χ2n) is 5.71. The van der Waals surface area contributed by atoms with Gasteiger partial charge < -0.3 is 24.8 Å². The summed E-state index contributed by atoms with van der Waals surface area (Å²) in [7, 11) is 0. The zero-order valence-electron chi connectivity index (χ0n) is 12.5. The lowest BCUT2D eigenvalue weighted by atomic mass is 10.0. The molecule has 1 aromatic rings. The fourth-order valence-electron chi connectivity index (χ4n) is 2.92. The number of carbonyl (C=O) groups excluding carboxylic acids is 1. The highest BCUT2D eigenvalue weighted by Gasteiger charge is 2.27. The quantitative estimate of drug-likeness (QED) is 0.885. The van der Waals surface area contributed by atoms with E-state index in [0.29, 0.717) is 25.4 Å². The first-order valence-electron chi connectivity index (χ1n) is 7.81. The molecule has 2 N–H and O–H groups in total. The molecule has 0 aromatic heterocycles. The lowest BCUT2D eigenvalue weighted by Gasteiger charge is -2.35. The van der Waals surface area contributed by atoms with Gasteiger partial charge in [-0.25, -0.2) is 4.79 Å². The van der Waals surface area contributed by atoms with Crippen molar-refractivity contribution in [3.05, 3.63) is 24.3 Å². The van der Waals surface area contributed by atoms with Crippen molar-refractivity contribution in [3.63, 3.8) is 0 Å². The van der Waals surface area contributed by atoms with Crippen LogP contribution < -0.4 is 14.8 Å². The number of amides is 2. The number of aliphatic hydroxyl groups is 1. The number of nitrogens with zero attached hydrogens (tertiary/aromatic N) is 1. The van der Waals surface area contributed by atoms with E-state index in [9.17, 15) is 9.90 Å². The molecule has 2 aliphatic heterocycles. The van der Waals surface area contributed by atoms with E-state index in [1.807, 2.05) is 24.3 Å². The molecule has 120 valence electrons. The fourth-order valence-corrected chi connectivity index (χ4v) is 2.92. The number of aliphatic hydroxyl groups excluding tert-OH is 1. The molecule has 2 unspecified atom stereocenters. The van der Waals surface area contributed by atoms with Gasteiger partial charge in [-0.15, -0.1) is 0 Å². The van der Waals surface area contributed by atoms with Crippen LogP contribution >= 0.6 is 0 Å². The minimum atomic E-state index is -0.198. The standard InChI is InChI=1S/C16H22N2O4/c19-10-12-5-3-4-8-18(12)16(20)17-9-13-11-21-14-6-1-2-7-15(14)22-13/h1-2,6-7,12-13,19H,3-5,8-11H2,(H,17,20). The number of nitrogens with one attached hydrogen (secondary N) is 1. The molecule has 0 radical (unpaired) electrons. The first-order valence-corrected chi connectivity index (χ1v) is 7.81. The van der Waals surface area contributed by atoms with Crippen molar-refractivity contribution in [2.75, 3.05) is 26.3 Å². The second-order valence-corrected chi connectivity index (χ2v) is 5.71. The van der Waals surface area contributed by atoms with E-state index in [4.69, 9.17) is 9.47 Å². The van der Waals surface area contributed by atoms with Crippen molar-refractivity contribution >= 4 is 6.03 Å². The molecule has 1 saturated heterocycles. The molecular weight excluding hydrogens is 284 g/mol. The van der Waals surface area contributed by atoms with Crippen LogP contribution in [0.4, 0.5) is 4.79 Å². The molecule has 0 spiro atoms. The maximum absolute atomic E-state index is 12.3. The predicted octanol–water partition coefficient (Wildman–Crippen LogP) is 1.38. The molecule has 0 saturated carbocycles. The third-order valence-corrected chi connectivity index (χ3v) is 4.15. The molecule has 22 heavy (non-hydrogen) atoms. The second kappa shape index (κ2) is 6.87. The van der Waals surface area contributed by atoms with Crippen LogP contribution in [-0.4, -0.2) is 54.5 Å². The summed E-state index contributed by atoms with van der Waals surface area (Å²) in [6.45, 7) is 1.52. The molecular formula is C16H22N2O4. The van der Waals surface area contributed by atoms with Crippen LogP contribution in [-0.2, 0) is 0 Å². The Morgan fingerprint density at radius 2 is 2.14 bits per heavy atom. The molecule has 2 aliphatic rings. The number of urea groups is 1. The minimum absolute atomic E-state index is 0.0177. The molecule has 2 heterocycles.